The van der Waals surface area contributed by atoms with Gasteiger partial charge in [-0.25, -0.2) is 0 Å². The Morgan fingerprint density at radius 1 is 0.314 bits per heavy atom. The maximum absolute atomic E-state index is 4.93. The molecule has 137 heavy (non-hydrogen) atoms. The average molecular weight is 2210 g/mol. The minimum Gasteiger partial charge on any atom is 4.00 e. The zero-order chi connectivity index (χ0) is 95.7. The summed E-state index contributed by atoms with van der Waals surface area (Å²) in [6.07, 6.45) is 105. The second-order valence-electron chi connectivity index (χ2n) is 51.1. The van der Waals surface area contributed by atoms with Crippen LogP contribution in [0.3, 0.4) is 0 Å². The van der Waals surface area contributed by atoms with E-state index < -0.39 is 57.8 Å². The van der Waals surface area contributed by atoms with E-state index in [1.165, 1.54) is 115 Å². The van der Waals surface area contributed by atoms with E-state index in [1.807, 2.05) is 0 Å². The van der Waals surface area contributed by atoms with Crippen LogP contribution in [0.1, 0.15) is 222 Å². The van der Waals surface area contributed by atoms with E-state index in [0.29, 0.717) is 130 Å². The summed E-state index contributed by atoms with van der Waals surface area (Å²) in [5, 5.41) is 0. The number of hydrogen-bond donors (Lipinski definition) is 0. The van der Waals surface area contributed by atoms with Crippen molar-refractivity contribution < 1.29 is 67.9 Å². The monoisotopic (exact) mass is 2200 g/mol. The Hall–Kier alpha value is -1.74. The second-order valence-corrected chi connectivity index (χ2v) is 68.8. The predicted molar refractivity (Wildman–Crippen MR) is 614 cm³/mol. The molecule has 0 N–H and O–H groups in total. The van der Waals surface area contributed by atoms with Gasteiger partial charge in [0.2, 0.25) is 0 Å². The molecule has 0 aromatic heterocycles. The van der Waals surface area contributed by atoms with Crippen molar-refractivity contribution in [3.8, 4) is 0 Å². The summed E-state index contributed by atoms with van der Waals surface area (Å²) in [4.78, 5) is 0. The van der Waals surface area contributed by atoms with Gasteiger partial charge in [-0.3, -0.25) is 0 Å². The van der Waals surface area contributed by atoms with E-state index in [1.54, 1.807) is 0 Å². The third-order valence-corrected chi connectivity index (χ3v) is 32.6. The molecule has 756 valence electrons. The van der Waals surface area contributed by atoms with Crippen LogP contribution in [0.5, 0.6) is 0 Å². The first-order valence-corrected chi connectivity index (χ1v) is 71.2. The molecule has 0 radical (unpaired) electrons. The summed E-state index contributed by atoms with van der Waals surface area (Å²) < 4.78 is 0. The molecule has 0 heterocycles. The van der Waals surface area contributed by atoms with Crippen molar-refractivity contribution in [2.75, 3.05) is 0 Å². The van der Waals surface area contributed by atoms with Gasteiger partial charge >= 0.3 is 102 Å². The molecular weight excluding hydrogens is 2010 g/mol. The van der Waals surface area contributed by atoms with E-state index in [2.05, 4.69) is 423 Å². The van der Waals surface area contributed by atoms with Crippen LogP contribution >= 0.6 is 34.1 Å². The molecule has 0 spiro atoms. The van der Waals surface area contributed by atoms with Gasteiger partial charge in [-0.05, 0) is 335 Å². The third-order valence-electron chi connectivity index (χ3n) is 32.6. The normalized spacial score (nSPS) is 32.8. The SMILES string of the molecule is C=CCCC(CC1C2C=C(C)C=CC2C2C=CC(C(C)(C)C)=CC21)C1C2C=C(C(C)(C)C)C=CC2C2C=CC(C(C)(C)C)=CC21.C=CCCC(CC1C2C=C(C)C=CC2C2C=CC(C(C)(C)C)=CC21)C1C2C=C(C(C)(C)C)C=CC2C2C=CC(C(C)(C)C)=CC21.C=CCCC(CC1CCC2C=CC=CC21)C1CCC2C=CC=CC21.[CH2-][Si](C)(C)C.[CH2-][Si](C)(C)C.[CH3-].[CH3-].[CH3-].[CH3-].[CH3-].[CH3-].[Cl][Zr+2][Cl].[Cl][Zr+2][Cl].[Zr+4]. The van der Waals surface area contributed by atoms with Gasteiger partial charge in [-0.2, -0.15) is 0 Å². The van der Waals surface area contributed by atoms with Gasteiger partial charge < -0.3 is 57.7 Å². The van der Waals surface area contributed by atoms with Crippen LogP contribution < -0.4 is 0 Å². The number of hydrogen-bond acceptors (Lipinski definition) is 0. The Labute approximate surface area is 908 Å². The van der Waals surface area contributed by atoms with Gasteiger partial charge in [-0.1, -0.05) is 388 Å². The van der Waals surface area contributed by atoms with E-state index in [0.717, 1.165) is 54.3 Å². The molecule has 0 nitrogen and oxygen atoms in total. The molecule has 0 saturated heterocycles. The summed E-state index contributed by atoms with van der Waals surface area (Å²) in [6, 6.07) is 0. The smallest absolute Gasteiger partial charge is 4.00 e. The quantitative estimate of drug-likeness (QED) is 0.0729. The van der Waals surface area contributed by atoms with Crippen LogP contribution in [-0.4, -0.2) is 16.1 Å². The molecule has 0 aliphatic heterocycles. The fourth-order valence-corrected chi connectivity index (χ4v) is 26.5. The van der Waals surface area contributed by atoms with Crippen LogP contribution in [0.4, 0.5) is 0 Å². The largest absolute Gasteiger partial charge is 4.00 e. The minimum absolute atomic E-state index is 0. The van der Waals surface area contributed by atoms with Crippen LogP contribution in [-0.2, 0) is 67.9 Å². The van der Waals surface area contributed by atoms with Crippen molar-refractivity contribution in [2.45, 2.75) is 261 Å². The number of rotatable bonds is 18. The van der Waals surface area contributed by atoms with Crippen molar-refractivity contribution >= 4 is 50.2 Å². The molecular formula is C128H196Cl4Si2Zr3. The Balaban J connectivity index is 0.000000492. The summed E-state index contributed by atoms with van der Waals surface area (Å²) in [6.45, 7) is 81.3. The van der Waals surface area contributed by atoms with Crippen molar-refractivity contribution in [3.05, 3.63) is 335 Å². The molecule has 0 aromatic carbocycles. The fourth-order valence-electron chi connectivity index (χ4n) is 26.5. The molecule has 0 aromatic rings. The number of fused-ring (bicyclic) bond motifs is 14. The maximum atomic E-state index is 4.93. The summed E-state index contributed by atoms with van der Waals surface area (Å²) >= 11 is -1.65. The van der Waals surface area contributed by atoms with Gasteiger partial charge in [-0.15, -0.1) is 35.9 Å². The Kier molecular flexibility index (Phi) is 52.4. The van der Waals surface area contributed by atoms with Crippen LogP contribution in [0.2, 0.25) is 39.3 Å². The molecule has 16 aliphatic rings. The first-order chi connectivity index (χ1) is 60.8. The first-order valence-electron chi connectivity index (χ1n) is 51.2. The summed E-state index contributed by atoms with van der Waals surface area (Å²) in [7, 11) is 18.0. The van der Waals surface area contributed by atoms with Crippen molar-refractivity contribution in [3.63, 3.8) is 0 Å². The summed E-state index contributed by atoms with van der Waals surface area (Å²) in [5.41, 5.74) is 13.2. The van der Waals surface area contributed by atoms with Crippen molar-refractivity contribution in [1.29, 1.82) is 0 Å². The molecule has 27 unspecified atom stereocenters. The van der Waals surface area contributed by atoms with E-state index in [4.69, 9.17) is 34.1 Å². The second kappa shape index (κ2) is 55.5. The Morgan fingerprint density at radius 3 is 0.818 bits per heavy atom. The molecule has 6 fully saturated rings. The number of allylic oxidation sites excluding steroid dienone is 43. The van der Waals surface area contributed by atoms with Crippen molar-refractivity contribution in [1.82, 2.24) is 0 Å². The van der Waals surface area contributed by atoms with E-state index >= 15 is 0 Å². The van der Waals surface area contributed by atoms with Crippen molar-refractivity contribution in [2.24, 2.45) is 204 Å². The predicted octanol–water partition coefficient (Wildman–Crippen LogP) is 39.9. The number of halogens is 4. The molecule has 16 rings (SSSR count). The minimum atomic E-state index is -0.861. The zero-order valence-corrected chi connectivity index (χ0v) is 105. The fraction of sp³-hybridized carbons (Fsp3) is 0.578. The van der Waals surface area contributed by atoms with Gasteiger partial charge in [0, 0.05) is 0 Å². The zero-order valence-electron chi connectivity index (χ0n) is 92.7. The maximum Gasteiger partial charge on any atom is 4.00 e. The van der Waals surface area contributed by atoms with Crippen LogP contribution in [0.15, 0.2) is 277 Å². The van der Waals surface area contributed by atoms with Gasteiger partial charge in [0.15, 0.2) is 0 Å². The third kappa shape index (κ3) is 34.1. The molecule has 0 amide bonds. The topological polar surface area (TPSA) is 0 Å². The van der Waals surface area contributed by atoms with E-state index in [9.17, 15) is 0 Å². The Bertz CT molecular complexity index is 4150. The molecule has 0 bridgehead atoms. The molecule has 9 heteroatoms. The van der Waals surface area contributed by atoms with Crippen LogP contribution in [0.25, 0.3) is 0 Å². The van der Waals surface area contributed by atoms with Gasteiger partial charge in [0.25, 0.3) is 0 Å². The Morgan fingerprint density at radius 2 is 0.540 bits per heavy atom. The molecule has 16 aliphatic carbocycles. The molecule has 6 saturated carbocycles. The average Bonchev–Trinajstić information content (AvgIpc) is 1.58. The first kappa shape index (κ1) is 129. The van der Waals surface area contributed by atoms with Gasteiger partial charge in [0.05, 0.1) is 0 Å². The standard InChI is InChI=1S/2C45H62.C24H32.2C4H11Si.6CH3.4ClH.3Zr/c2*1-12-13-14-29(24-38-37-23-28(2)15-19-33(37)34-20-16-30(25-39(34)38)43(3,4)5)42-40-26-31(44(6,7)8)17-21-35(40)36-22-18-32(27-41(36)42)45(9,10)11;1-2-3-8-20(24-16-15-19-10-5-7-12-23(19)24)17-21-14-13-18-9-4-6-11-22(18)21;2*1-5(2,3)4;;;;;;;;;;;;;/h2*12,15-23,25-27,29,33-42H,1,13-14,24H2,2-11H3;2,4-7,9-12,18-24H,1,3,8,13-17H2;2*1H2,2-4H3;6*1H3;4*1H;;;/q;;;8*-1;;;;;3*+4/p-4. The van der Waals surface area contributed by atoms with Crippen LogP contribution in [0, 0.1) is 262 Å². The summed E-state index contributed by atoms with van der Waals surface area (Å²) in [5.74, 6) is 19.7. The van der Waals surface area contributed by atoms with E-state index in [-0.39, 0.29) is 103 Å². The van der Waals surface area contributed by atoms with Gasteiger partial charge in [0.1, 0.15) is 0 Å². The molecule has 27 atom stereocenters.